The Morgan fingerprint density at radius 3 is 1.42 bits per heavy atom. The molecule has 0 aliphatic rings. The Morgan fingerprint density at radius 2 is 1.08 bits per heavy atom. The topological polar surface area (TPSA) is 67.3 Å². The first kappa shape index (κ1) is 27.6. The summed E-state index contributed by atoms with van der Waals surface area (Å²) in [5.74, 6) is -0.669. The number of quaternary nitrogens is 1. The number of carboxylic acids is 1. The van der Waals surface area contributed by atoms with E-state index in [0.717, 1.165) is 0 Å². The van der Waals surface area contributed by atoms with Crippen LogP contribution in [0.1, 0.15) is 110 Å². The number of hydrogen-bond acceptors (Lipinski definition) is 2. The van der Waals surface area contributed by atoms with Crippen LogP contribution in [0.25, 0.3) is 0 Å². The largest absolute Gasteiger partial charge is 0.870 e. The summed E-state index contributed by atoms with van der Waals surface area (Å²) in [7, 11) is 4.22. The standard InChI is InChI=1S/C22H45NO2.H2O/c1-5-7-9-11-13-15-17-19-21(23(3,4)20-22(24)25)18-16-14-12-10-8-6-2;/h21H,5-20H2,1-4H3;1H2. The van der Waals surface area contributed by atoms with Crippen molar-refractivity contribution in [1.29, 1.82) is 0 Å². The van der Waals surface area contributed by atoms with Crippen molar-refractivity contribution in [3.8, 4) is 0 Å². The van der Waals surface area contributed by atoms with Crippen LogP contribution in [0.3, 0.4) is 0 Å². The smallest absolute Gasteiger partial charge is 0.359 e. The van der Waals surface area contributed by atoms with Crippen molar-refractivity contribution in [3.63, 3.8) is 0 Å². The van der Waals surface area contributed by atoms with Gasteiger partial charge in [0.05, 0.1) is 20.1 Å². The van der Waals surface area contributed by atoms with E-state index in [2.05, 4.69) is 27.9 Å². The van der Waals surface area contributed by atoms with Crippen molar-refractivity contribution in [3.05, 3.63) is 0 Å². The third-order valence-corrected chi connectivity index (χ3v) is 5.56. The van der Waals surface area contributed by atoms with Gasteiger partial charge in [0.2, 0.25) is 0 Å². The first-order valence-electron chi connectivity index (χ1n) is 11.0. The quantitative estimate of drug-likeness (QED) is 0.229. The molecular weight excluding hydrogens is 326 g/mol. The second-order valence-electron chi connectivity index (χ2n) is 8.45. The zero-order chi connectivity index (χ0) is 19.0. The van der Waals surface area contributed by atoms with Crippen molar-refractivity contribution in [2.24, 2.45) is 0 Å². The molecule has 0 aliphatic carbocycles. The molecule has 4 nitrogen and oxygen atoms in total. The van der Waals surface area contributed by atoms with Crippen LogP contribution in [0.2, 0.25) is 0 Å². The zero-order valence-corrected chi connectivity index (χ0v) is 18.1. The van der Waals surface area contributed by atoms with Crippen molar-refractivity contribution in [1.82, 2.24) is 0 Å². The van der Waals surface area contributed by atoms with Crippen molar-refractivity contribution < 1.29 is 19.9 Å². The van der Waals surface area contributed by atoms with Crippen LogP contribution in [0.15, 0.2) is 0 Å². The van der Waals surface area contributed by atoms with Gasteiger partial charge in [0.1, 0.15) is 0 Å². The van der Waals surface area contributed by atoms with Crippen LogP contribution >= 0.6 is 0 Å². The second kappa shape index (κ2) is 17.8. The first-order chi connectivity index (χ1) is 11.9. The van der Waals surface area contributed by atoms with Crippen LogP contribution < -0.4 is 0 Å². The minimum absolute atomic E-state index is 0. The molecule has 0 spiro atoms. The average molecular weight is 374 g/mol. The lowest BCUT2D eigenvalue weighted by Gasteiger charge is -2.37. The summed E-state index contributed by atoms with van der Waals surface area (Å²) >= 11 is 0. The maximum Gasteiger partial charge on any atom is 0.359 e. The summed E-state index contributed by atoms with van der Waals surface area (Å²) < 4.78 is 0.639. The van der Waals surface area contributed by atoms with Gasteiger partial charge in [-0.2, -0.15) is 0 Å². The molecule has 0 radical (unpaired) electrons. The van der Waals surface area contributed by atoms with Crippen LogP contribution in [0.4, 0.5) is 0 Å². The Balaban J connectivity index is 0. The second-order valence-corrected chi connectivity index (χ2v) is 8.45. The van der Waals surface area contributed by atoms with Gasteiger partial charge in [-0.05, 0) is 25.7 Å². The van der Waals surface area contributed by atoms with Crippen molar-refractivity contribution >= 4 is 5.97 Å². The molecule has 0 aliphatic heterocycles. The van der Waals surface area contributed by atoms with E-state index >= 15 is 0 Å². The predicted molar refractivity (Wildman–Crippen MR) is 111 cm³/mol. The van der Waals surface area contributed by atoms with E-state index in [9.17, 15) is 9.90 Å². The molecule has 0 saturated carbocycles. The molecule has 1 unspecified atom stereocenters. The fourth-order valence-corrected chi connectivity index (χ4v) is 3.82. The van der Waals surface area contributed by atoms with Crippen molar-refractivity contribution in [2.45, 2.75) is 116 Å². The summed E-state index contributed by atoms with van der Waals surface area (Å²) in [6.07, 6.45) is 19.6. The lowest BCUT2D eigenvalue weighted by atomic mass is 9.97. The molecule has 0 amide bonds. The van der Waals surface area contributed by atoms with Crippen LogP contribution in [0, 0.1) is 0 Å². The molecule has 26 heavy (non-hydrogen) atoms. The highest BCUT2D eigenvalue weighted by molar-refractivity contribution is 5.67. The Labute approximate surface area is 163 Å². The summed E-state index contributed by atoms with van der Waals surface area (Å²) in [6, 6.07) is 0.498. The Kier molecular flexibility index (Phi) is 18.9. The molecule has 4 heteroatoms. The molecule has 0 heterocycles. The van der Waals surface area contributed by atoms with Gasteiger partial charge in [-0.3, -0.25) is 0 Å². The summed E-state index contributed by atoms with van der Waals surface area (Å²) in [5, 5.41) is 9.24. The molecule has 0 aromatic carbocycles. The van der Waals surface area contributed by atoms with Gasteiger partial charge in [0, 0.05) is 0 Å². The summed E-state index contributed by atoms with van der Waals surface area (Å²) in [4.78, 5) is 11.2. The predicted octanol–water partition coefficient (Wildman–Crippen LogP) is 6.23. The van der Waals surface area contributed by atoms with E-state index in [1.165, 1.54) is 96.3 Å². The average Bonchev–Trinajstić information content (AvgIpc) is 2.53. The summed E-state index contributed by atoms with van der Waals surface area (Å²) in [5.41, 5.74) is 0. The minimum atomic E-state index is -0.669. The van der Waals surface area contributed by atoms with Gasteiger partial charge >= 0.3 is 5.97 Å². The maximum absolute atomic E-state index is 11.2. The number of carboxylic acid groups (broad SMARTS) is 1. The molecule has 158 valence electrons. The Bertz CT molecular complexity index is 319. The molecule has 0 aromatic heterocycles. The molecule has 0 fully saturated rings. The minimum Gasteiger partial charge on any atom is -0.870 e. The molecule has 2 N–H and O–H groups in total. The number of nitrogens with zero attached hydrogens (tertiary/aromatic N) is 1. The number of unbranched alkanes of at least 4 members (excludes halogenated alkanes) is 11. The van der Waals surface area contributed by atoms with E-state index in [1.54, 1.807) is 0 Å². The third-order valence-electron chi connectivity index (χ3n) is 5.56. The Morgan fingerprint density at radius 1 is 0.731 bits per heavy atom. The van der Waals surface area contributed by atoms with Gasteiger partial charge < -0.3 is 15.1 Å². The molecule has 1 atom stereocenters. The van der Waals surface area contributed by atoms with E-state index in [-0.39, 0.29) is 12.0 Å². The third kappa shape index (κ3) is 15.6. The summed E-state index contributed by atoms with van der Waals surface area (Å²) in [6.45, 7) is 4.76. The number of likely N-dealkylation sites (N-methyl/N-ethyl adjacent to an activating group) is 1. The van der Waals surface area contributed by atoms with Crippen molar-refractivity contribution in [2.75, 3.05) is 20.6 Å². The van der Waals surface area contributed by atoms with Crippen LogP contribution in [-0.4, -0.2) is 47.7 Å². The van der Waals surface area contributed by atoms with E-state index in [4.69, 9.17) is 0 Å². The number of hydrogen-bond donors (Lipinski definition) is 1. The van der Waals surface area contributed by atoms with Gasteiger partial charge in [0.25, 0.3) is 0 Å². The highest BCUT2D eigenvalue weighted by atomic mass is 16.4. The highest BCUT2D eigenvalue weighted by Crippen LogP contribution is 2.22. The number of carbonyl (C=O) groups is 1. The highest BCUT2D eigenvalue weighted by Gasteiger charge is 2.29. The van der Waals surface area contributed by atoms with E-state index < -0.39 is 5.97 Å². The molecule has 0 bridgehead atoms. The molecular formula is C22H47NO3. The van der Waals surface area contributed by atoms with Gasteiger partial charge in [-0.15, -0.1) is 0 Å². The van der Waals surface area contributed by atoms with Crippen LogP contribution in [0.5, 0.6) is 0 Å². The first-order valence-corrected chi connectivity index (χ1v) is 11.0. The number of aliphatic carboxylic acids is 1. The maximum atomic E-state index is 11.2. The number of rotatable bonds is 18. The molecule has 0 saturated heterocycles. The van der Waals surface area contributed by atoms with Gasteiger partial charge in [-0.25, -0.2) is 4.79 Å². The van der Waals surface area contributed by atoms with Gasteiger partial charge in [-0.1, -0.05) is 84.5 Å². The molecule has 0 aromatic rings. The van der Waals surface area contributed by atoms with Crippen LogP contribution in [-0.2, 0) is 4.79 Å². The SMILES string of the molecule is CCCCCCCCCC(CCCCCCCC)[N+](C)(C)CC(=O)O.[OH-]. The van der Waals surface area contributed by atoms with E-state index in [1.807, 2.05) is 0 Å². The Hall–Kier alpha value is -0.610. The monoisotopic (exact) mass is 373 g/mol. The van der Waals surface area contributed by atoms with Gasteiger partial charge in [0.15, 0.2) is 6.54 Å². The van der Waals surface area contributed by atoms with E-state index in [0.29, 0.717) is 10.5 Å². The zero-order valence-electron chi connectivity index (χ0n) is 18.1. The fraction of sp³-hybridized carbons (Fsp3) is 0.955. The molecule has 0 rings (SSSR count). The fourth-order valence-electron chi connectivity index (χ4n) is 3.82. The normalized spacial score (nSPS) is 12.6. The lowest BCUT2D eigenvalue weighted by Crippen LogP contribution is -2.51. The lowest BCUT2D eigenvalue weighted by molar-refractivity contribution is -0.909.